The molecule has 0 saturated heterocycles. The van der Waals surface area contributed by atoms with Crippen LogP contribution in [0, 0.1) is 10.1 Å². The number of non-ortho nitro benzene ring substituents is 1. The van der Waals surface area contributed by atoms with Crippen LogP contribution in [-0.2, 0) is 0 Å². The number of hydrogen-bond acceptors (Lipinski definition) is 6. The van der Waals surface area contributed by atoms with E-state index in [1.165, 1.54) is 42.6 Å². The Kier molecular flexibility index (Phi) is 6.06. The minimum Gasteiger partial charge on any atom is -0.508 e. The lowest BCUT2D eigenvalue weighted by molar-refractivity contribution is -0.384. The second kappa shape index (κ2) is 9.05. The third-order valence-corrected chi connectivity index (χ3v) is 3.85. The first-order valence-corrected chi connectivity index (χ1v) is 8.52. The van der Waals surface area contributed by atoms with Crippen molar-refractivity contribution in [1.82, 2.24) is 5.43 Å². The number of amides is 1. The number of rotatable bonds is 6. The number of nitrogens with one attached hydrogen (secondary N) is 1. The van der Waals surface area contributed by atoms with E-state index in [0.29, 0.717) is 11.3 Å². The van der Waals surface area contributed by atoms with Crippen LogP contribution in [0.4, 0.5) is 11.4 Å². The van der Waals surface area contributed by atoms with Crippen molar-refractivity contribution >= 4 is 29.7 Å². The molecule has 0 saturated carbocycles. The summed E-state index contributed by atoms with van der Waals surface area (Å²) in [4.78, 5) is 26.5. The minimum atomic E-state index is -0.465. The van der Waals surface area contributed by atoms with Crippen molar-refractivity contribution in [3.63, 3.8) is 0 Å². The third-order valence-electron chi connectivity index (χ3n) is 3.85. The predicted molar refractivity (Wildman–Crippen MR) is 110 cm³/mol. The molecule has 3 aromatic rings. The average Bonchev–Trinajstić information content (AvgIpc) is 2.74. The fourth-order valence-corrected chi connectivity index (χ4v) is 2.35. The number of nitrogens with zero attached hydrogens (tertiary/aromatic N) is 3. The zero-order valence-corrected chi connectivity index (χ0v) is 15.1. The van der Waals surface area contributed by atoms with Crippen molar-refractivity contribution in [2.45, 2.75) is 0 Å². The van der Waals surface area contributed by atoms with Gasteiger partial charge in [0.1, 0.15) is 5.75 Å². The number of benzene rings is 3. The maximum atomic E-state index is 11.9. The normalized spacial score (nSPS) is 11.0. The van der Waals surface area contributed by atoms with Gasteiger partial charge in [0.25, 0.3) is 11.6 Å². The van der Waals surface area contributed by atoms with E-state index in [9.17, 15) is 20.0 Å². The number of phenols is 1. The summed E-state index contributed by atoms with van der Waals surface area (Å²) in [7, 11) is 0. The fourth-order valence-electron chi connectivity index (χ4n) is 2.35. The van der Waals surface area contributed by atoms with E-state index in [4.69, 9.17) is 0 Å². The topological polar surface area (TPSA) is 117 Å². The van der Waals surface area contributed by atoms with Crippen molar-refractivity contribution in [2.24, 2.45) is 10.1 Å². The number of aliphatic imine (C=N–C) groups is 1. The van der Waals surface area contributed by atoms with Gasteiger partial charge >= 0.3 is 0 Å². The van der Waals surface area contributed by atoms with Gasteiger partial charge < -0.3 is 5.11 Å². The zero-order chi connectivity index (χ0) is 20.6. The van der Waals surface area contributed by atoms with Crippen molar-refractivity contribution in [2.75, 3.05) is 0 Å². The van der Waals surface area contributed by atoms with Crippen molar-refractivity contribution in [1.29, 1.82) is 0 Å². The molecule has 0 fully saturated rings. The second-order valence-corrected chi connectivity index (χ2v) is 5.95. The minimum absolute atomic E-state index is 0.0134. The van der Waals surface area contributed by atoms with E-state index in [1.807, 2.05) is 12.1 Å². The van der Waals surface area contributed by atoms with Gasteiger partial charge in [-0.15, -0.1) is 0 Å². The van der Waals surface area contributed by atoms with Gasteiger partial charge in [-0.1, -0.05) is 30.3 Å². The number of aromatic hydroxyl groups is 1. The molecule has 8 nitrogen and oxygen atoms in total. The molecule has 0 aliphatic carbocycles. The first-order chi connectivity index (χ1) is 14.0. The molecule has 144 valence electrons. The molecule has 1 amide bonds. The van der Waals surface area contributed by atoms with Crippen LogP contribution in [0.3, 0.4) is 0 Å². The van der Waals surface area contributed by atoms with Crippen LogP contribution in [0.1, 0.15) is 21.5 Å². The van der Waals surface area contributed by atoms with E-state index < -0.39 is 4.92 Å². The van der Waals surface area contributed by atoms with Gasteiger partial charge in [-0.3, -0.25) is 19.9 Å². The Morgan fingerprint density at radius 3 is 2.28 bits per heavy atom. The molecule has 3 aromatic carbocycles. The van der Waals surface area contributed by atoms with Crippen molar-refractivity contribution < 1.29 is 14.8 Å². The number of carbonyl (C=O) groups is 1. The standard InChI is InChI=1S/C21H16N4O4/c26-20-10-8-17(9-11-20)21(27)24-23-14-16-6-4-15(5-7-16)13-22-18-2-1-3-19(12-18)25(28)29/h1-14,26H,(H,24,27). The highest BCUT2D eigenvalue weighted by Crippen LogP contribution is 2.19. The average molecular weight is 388 g/mol. The smallest absolute Gasteiger partial charge is 0.271 e. The van der Waals surface area contributed by atoms with E-state index in [2.05, 4.69) is 15.5 Å². The largest absolute Gasteiger partial charge is 0.508 e. The fraction of sp³-hybridized carbons (Fsp3) is 0. The highest BCUT2D eigenvalue weighted by Gasteiger charge is 2.04. The van der Waals surface area contributed by atoms with E-state index >= 15 is 0 Å². The lowest BCUT2D eigenvalue weighted by Crippen LogP contribution is -2.17. The Morgan fingerprint density at radius 1 is 0.966 bits per heavy atom. The maximum Gasteiger partial charge on any atom is 0.271 e. The van der Waals surface area contributed by atoms with Crippen LogP contribution >= 0.6 is 0 Å². The molecule has 0 unspecified atom stereocenters. The quantitative estimate of drug-likeness (QED) is 0.379. The predicted octanol–water partition coefficient (Wildman–Crippen LogP) is 3.81. The molecule has 0 bridgehead atoms. The van der Waals surface area contributed by atoms with Gasteiger partial charge in [0.15, 0.2) is 0 Å². The Bertz CT molecular complexity index is 1070. The van der Waals surface area contributed by atoms with Crippen LogP contribution in [0.25, 0.3) is 0 Å². The summed E-state index contributed by atoms with van der Waals surface area (Å²) < 4.78 is 0. The number of carbonyl (C=O) groups excluding carboxylic acids is 1. The second-order valence-electron chi connectivity index (χ2n) is 5.95. The maximum absolute atomic E-state index is 11.9. The van der Waals surface area contributed by atoms with Gasteiger partial charge in [0.05, 0.1) is 16.8 Å². The molecule has 0 aliphatic heterocycles. The molecule has 3 rings (SSSR count). The number of hydrogen-bond donors (Lipinski definition) is 2. The van der Waals surface area contributed by atoms with E-state index in [-0.39, 0.29) is 17.3 Å². The van der Waals surface area contributed by atoms with E-state index in [1.54, 1.807) is 30.5 Å². The van der Waals surface area contributed by atoms with Gasteiger partial charge in [-0.2, -0.15) is 5.10 Å². The van der Waals surface area contributed by atoms with E-state index in [0.717, 1.165) is 11.1 Å². The van der Waals surface area contributed by atoms with Crippen LogP contribution in [0.2, 0.25) is 0 Å². The first-order valence-electron chi connectivity index (χ1n) is 8.52. The summed E-state index contributed by atoms with van der Waals surface area (Å²) in [5.41, 5.74) is 4.84. The van der Waals surface area contributed by atoms with Crippen molar-refractivity contribution in [3.8, 4) is 5.75 Å². The van der Waals surface area contributed by atoms with Gasteiger partial charge in [0, 0.05) is 23.9 Å². The molecule has 0 aromatic heterocycles. The van der Waals surface area contributed by atoms with Crippen LogP contribution < -0.4 is 5.43 Å². The molecule has 0 radical (unpaired) electrons. The van der Waals surface area contributed by atoms with Crippen LogP contribution in [0.15, 0.2) is 82.9 Å². The number of phenolic OH excluding ortho intramolecular Hbond substituents is 1. The molecule has 8 heteroatoms. The SMILES string of the molecule is O=C(NN=Cc1ccc(C=Nc2cccc([N+](=O)[O-])c2)cc1)c1ccc(O)cc1. The Hall–Kier alpha value is -4.33. The molecular formula is C21H16N4O4. The molecular weight excluding hydrogens is 372 g/mol. The number of nitro groups is 1. The Balaban J connectivity index is 1.59. The molecule has 29 heavy (non-hydrogen) atoms. The number of hydrazone groups is 1. The van der Waals surface area contributed by atoms with Gasteiger partial charge in [-0.05, 0) is 41.5 Å². The highest BCUT2D eigenvalue weighted by molar-refractivity contribution is 5.95. The van der Waals surface area contributed by atoms with Gasteiger partial charge in [-0.25, -0.2) is 5.43 Å². The lowest BCUT2D eigenvalue weighted by Gasteiger charge is -2.00. The van der Waals surface area contributed by atoms with Crippen LogP contribution in [-0.4, -0.2) is 28.4 Å². The number of nitro benzene ring substituents is 1. The van der Waals surface area contributed by atoms with Gasteiger partial charge in [0.2, 0.25) is 0 Å². The molecule has 0 aliphatic rings. The van der Waals surface area contributed by atoms with Crippen LogP contribution in [0.5, 0.6) is 5.75 Å². The Morgan fingerprint density at radius 2 is 1.62 bits per heavy atom. The lowest BCUT2D eigenvalue weighted by atomic mass is 10.1. The summed E-state index contributed by atoms with van der Waals surface area (Å²) in [6.07, 6.45) is 3.10. The first kappa shape index (κ1) is 19.4. The Labute approximate surface area is 166 Å². The highest BCUT2D eigenvalue weighted by atomic mass is 16.6. The summed E-state index contributed by atoms with van der Waals surface area (Å²) in [5, 5.41) is 23.9. The summed E-state index contributed by atoms with van der Waals surface area (Å²) in [5.74, 6) is -0.305. The molecule has 2 N–H and O–H groups in total. The summed E-state index contributed by atoms with van der Waals surface area (Å²) in [6, 6.07) is 19.1. The van der Waals surface area contributed by atoms with Crippen molar-refractivity contribution in [3.05, 3.63) is 99.6 Å². The third kappa shape index (κ3) is 5.57. The summed E-state index contributed by atoms with van der Waals surface area (Å²) >= 11 is 0. The monoisotopic (exact) mass is 388 g/mol. The zero-order valence-electron chi connectivity index (χ0n) is 15.1. The molecule has 0 spiro atoms. The summed E-state index contributed by atoms with van der Waals surface area (Å²) in [6.45, 7) is 0. The molecule has 0 atom stereocenters. The molecule has 0 heterocycles.